The number of hydrogen-bond donors (Lipinski definition) is 2. The fourth-order valence-corrected chi connectivity index (χ4v) is 3.55. The molecule has 2 aromatic rings. The van der Waals surface area contributed by atoms with E-state index in [-0.39, 0.29) is 30.2 Å². The summed E-state index contributed by atoms with van der Waals surface area (Å²) in [6.07, 6.45) is -0.250. The SMILES string of the molecule is Cn1c2c(c(=O)n(C)c1=O)C(CC(=O)NCC(C)(C)c1ccccc1F)C(=O)N2. The fourth-order valence-electron chi connectivity index (χ4n) is 3.55. The molecule has 1 aromatic heterocycles. The van der Waals surface area contributed by atoms with Crippen molar-refractivity contribution in [3.63, 3.8) is 0 Å². The van der Waals surface area contributed by atoms with E-state index in [9.17, 15) is 23.6 Å². The van der Waals surface area contributed by atoms with Crippen molar-refractivity contribution in [1.29, 1.82) is 0 Å². The van der Waals surface area contributed by atoms with Crippen molar-refractivity contribution in [2.24, 2.45) is 14.1 Å². The van der Waals surface area contributed by atoms with Gasteiger partial charge in [0, 0.05) is 32.5 Å². The largest absolute Gasteiger partial charge is 0.355 e. The van der Waals surface area contributed by atoms with Gasteiger partial charge in [-0.2, -0.15) is 0 Å². The minimum Gasteiger partial charge on any atom is -0.355 e. The summed E-state index contributed by atoms with van der Waals surface area (Å²) >= 11 is 0. The van der Waals surface area contributed by atoms with E-state index in [2.05, 4.69) is 10.6 Å². The van der Waals surface area contributed by atoms with Crippen LogP contribution in [0.4, 0.5) is 10.2 Å². The number of nitrogens with one attached hydrogen (secondary N) is 2. The number of carbonyl (C=O) groups excluding carboxylic acids is 2. The normalized spacial score (nSPS) is 15.8. The van der Waals surface area contributed by atoms with Gasteiger partial charge in [-0.1, -0.05) is 32.0 Å². The Morgan fingerprint density at radius 1 is 1.17 bits per heavy atom. The zero-order valence-electron chi connectivity index (χ0n) is 16.7. The molecule has 0 spiro atoms. The van der Waals surface area contributed by atoms with E-state index in [4.69, 9.17) is 0 Å². The second kappa shape index (κ2) is 7.31. The van der Waals surface area contributed by atoms with E-state index in [1.54, 1.807) is 32.0 Å². The summed E-state index contributed by atoms with van der Waals surface area (Å²) < 4.78 is 16.2. The third-order valence-electron chi connectivity index (χ3n) is 5.33. The minimum absolute atomic E-state index is 0.100. The lowest BCUT2D eigenvalue weighted by Crippen LogP contribution is -2.40. The Hall–Kier alpha value is -3.23. The third-order valence-corrected chi connectivity index (χ3v) is 5.33. The highest BCUT2D eigenvalue weighted by molar-refractivity contribution is 6.03. The van der Waals surface area contributed by atoms with Gasteiger partial charge in [-0.25, -0.2) is 9.18 Å². The summed E-state index contributed by atoms with van der Waals surface area (Å²) in [6, 6.07) is 6.34. The molecule has 0 radical (unpaired) electrons. The standard InChI is InChI=1S/C20H23FN4O4/c1-20(2,12-7-5-6-8-13(12)21)10-22-14(26)9-11-15-16(23-17(11)27)24(3)19(29)25(4)18(15)28/h5-8,11H,9-10H2,1-4H3,(H,22,26)(H,23,27). The van der Waals surface area contributed by atoms with Crippen LogP contribution in [-0.4, -0.2) is 27.5 Å². The highest BCUT2D eigenvalue weighted by Gasteiger charge is 2.38. The van der Waals surface area contributed by atoms with Gasteiger partial charge in [0.25, 0.3) is 5.56 Å². The first-order chi connectivity index (χ1) is 13.5. The smallest absolute Gasteiger partial charge is 0.332 e. The maximum atomic E-state index is 14.1. The van der Waals surface area contributed by atoms with Crippen LogP contribution in [0, 0.1) is 5.82 Å². The second-order valence-electron chi connectivity index (χ2n) is 7.85. The van der Waals surface area contributed by atoms with Gasteiger partial charge in [-0.3, -0.25) is 23.5 Å². The molecule has 1 atom stereocenters. The van der Waals surface area contributed by atoms with Crippen LogP contribution < -0.4 is 21.9 Å². The summed E-state index contributed by atoms with van der Waals surface area (Å²) in [6.45, 7) is 3.75. The van der Waals surface area contributed by atoms with E-state index >= 15 is 0 Å². The molecule has 29 heavy (non-hydrogen) atoms. The predicted molar refractivity (Wildman–Crippen MR) is 105 cm³/mol. The van der Waals surface area contributed by atoms with Crippen molar-refractivity contribution in [2.75, 3.05) is 11.9 Å². The number of fused-ring (bicyclic) bond motifs is 1. The van der Waals surface area contributed by atoms with Crippen LogP contribution in [0.2, 0.25) is 0 Å². The molecule has 3 rings (SSSR count). The molecule has 2 amide bonds. The first kappa shape index (κ1) is 20.5. The quantitative estimate of drug-likeness (QED) is 0.770. The van der Waals surface area contributed by atoms with E-state index in [1.807, 2.05) is 0 Å². The lowest BCUT2D eigenvalue weighted by molar-refractivity contribution is -0.125. The van der Waals surface area contributed by atoms with Gasteiger partial charge in [-0.05, 0) is 11.6 Å². The molecule has 1 aromatic carbocycles. The number of halogens is 1. The molecular formula is C20H23FN4O4. The maximum absolute atomic E-state index is 14.1. The number of hydrogen-bond acceptors (Lipinski definition) is 4. The van der Waals surface area contributed by atoms with Crippen molar-refractivity contribution in [3.8, 4) is 0 Å². The van der Waals surface area contributed by atoms with Crippen LogP contribution in [0.5, 0.6) is 0 Å². The Kier molecular flexibility index (Phi) is 5.16. The van der Waals surface area contributed by atoms with Crippen molar-refractivity contribution in [1.82, 2.24) is 14.5 Å². The number of benzene rings is 1. The van der Waals surface area contributed by atoms with Crippen LogP contribution in [0.15, 0.2) is 33.9 Å². The Labute approximate surface area is 166 Å². The number of amides is 2. The number of rotatable bonds is 5. The number of aromatic nitrogens is 2. The third kappa shape index (κ3) is 3.59. The average molecular weight is 402 g/mol. The molecule has 0 bridgehead atoms. The predicted octanol–water partition coefficient (Wildman–Crippen LogP) is 0.743. The van der Waals surface area contributed by atoms with E-state index in [1.165, 1.54) is 24.7 Å². The average Bonchev–Trinajstić information content (AvgIpc) is 3.00. The van der Waals surface area contributed by atoms with Crippen molar-refractivity contribution in [2.45, 2.75) is 31.6 Å². The van der Waals surface area contributed by atoms with Crippen LogP contribution in [0.25, 0.3) is 0 Å². The summed E-state index contributed by atoms with van der Waals surface area (Å²) in [5.74, 6) is -2.19. The topological polar surface area (TPSA) is 102 Å². The molecule has 1 aliphatic rings. The molecule has 0 saturated carbocycles. The zero-order valence-corrected chi connectivity index (χ0v) is 16.7. The van der Waals surface area contributed by atoms with Crippen LogP contribution in [0.3, 0.4) is 0 Å². The molecule has 2 heterocycles. The first-order valence-corrected chi connectivity index (χ1v) is 9.17. The van der Waals surface area contributed by atoms with Crippen LogP contribution in [-0.2, 0) is 29.1 Å². The summed E-state index contributed by atoms with van der Waals surface area (Å²) in [5.41, 5.74) is -1.27. The Morgan fingerprint density at radius 2 is 1.83 bits per heavy atom. The highest BCUT2D eigenvalue weighted by Crippen LogP contribution is 2.31. The Morgan fingerprint density at radius 3 is 2.48 bits per heavy atom. The molecule has 0 saturated heterocycles. The molecule has 8 nitrogen and oxygen atoms in total. The number of carbonyl (C=O) groups is 2. The molecule has 9 heteroatoms. The molecule has 1 aliphatic heterocycles. The van der Waals surface area contributed by atoms with Crippen LogP contribution >= 0.6 is 0 Å². The van der Waals surface area contributed by atoms with Crippen molar-refractivity contribution >= 4 is 17.6 Å². The van der Waals surface area contributed by atoms with Crippen molar-refractivity contribution in [3.05, 3.63) is 62.0 Å². The highest BCUT2D eigenvalue weighted by atomic mass is 19.1. The van der Waals surface area contributed by atoms with Gasteiger partial charge in [-0.15, -0.1) is 0 Å². The minimum atomic E-state index is -0.993. The van der Waals surface area contributed by atoms with E-state index < -0.39 is 34.4 Å². The summed E-state index contributed by atoms with van der Waals surface area (Å²) in [4.78, 5) is 49.4. The molecule has 154 valence electrons. The molecular weight excluding hydrogens is 379 g/mol. The summed E-state index contributed by atoms with van der Waals surface area (Å²) in [5, 5.41) is 5.24. The van der Waals surface area contributed by atoms with Crippen molar-refractivity contribution < 1.29 is 14.0 Å². The second-order valence-corrected chi connectivity index (χ2v) is 7.85. The first-order valence-electron chi connectivity index (χ1n) is 9.17. The van der Waals surface area contributed by atoms with Gasteiger partial charge in [0.1, 0.15) is 11.6 Å². The van der Waals surface area contributed by atoms with Gasteiger partial charge in [0.15, 0.2) is 0 Å². The van der Waals surface area contributed by atoms with Gasteiger partial charge in [0.05, 0.1) is 11.5 Å². The fraction of sp³-hybridized carbons (Fsp3) is 0.400. The maximum Gasteiger partial charge on any atom is 0.332 e. The molecule has 0 aliphatic carbocycles. The lowest BCUT2D eigenvalue weighted by Gasteiger charge is -2.26. The Balaban J connectivity index is 1.78. The number of anilines is 1. The van der Waals surface area contributed by atoms with Gasteiger partial charge >= 0.3 is 5.69 Å². The lowest BCUT2D eigenvalue weighted by atomic mass is 9.84. The Bertz CT molecular complexity index is 1120. The van der Waals surface area contributed by atoms with Gasteiger partial charge < -0.3 is 10.6 Å². The molecule has 0 fully saturated rings. The molecule has 1 unspecified atom stereocenters. The summed E-state index contributed by atoms with van der Waals surface area (Å²) in [7, 11) is 2.77. The van der Waals surface area contributed by atoms with Crippen LogP contribution in [0.1, 0.15) is 37.3 Å². The monoisotopic (exact) mass is 402 g/mol. The van der Waals surface area contributed by atoms with E-state index in [0.29, 0.717) is 5.56 Å². The zero-order chi connectivity index (χ0) is 21.5. The molecule has 2 N–H and O–H groups in total. The number of nitrogens with zero attached hydrogens (tertiary/aromatic N) is 2. The van der Waals surface area contributed by atoms with Gasteiger partial charge in [0.2, 0.25) is 11.8 Å². The van der Waals surface area contributed by atoms with E-state index in [0.717, 1.165) is 4.57 Å².